The van der Waals surface area contributed by atoms with Gasteiger partial charge in [0.15, 0.2) is 0 Å². The Morgan fingerprint density at radius 2 is 2.16 bits per heavy atom. The summed E-state index contributed by atoms with van der Waals surface area (Å²) in [5, 5.41) is 16.9. The molecule has 1 aliphatic rings. The van der Waals surface area contributed by atoms with E-state index in [2.05, 4.69) is 29.5 Å². The highest BCUT2D eigenvalue weighted by molar-refractivity contribution is 5.75. The Labute approximate surface area is 148 Å². The summed E-state index contributed by atoms with van der Waals surface area (Å²) < 4.78 is 1.88. The van der Waals surface area contributed by atoms with Crippen molar-refractivity contribution < 1.29 is 9.90 Å². The molecule has 2 heterocycles. The van der Waals surface area contributed by atoms with Crippen LogP contribution in [0.4, 0.5) is 4.79 Å². The van der Waals surface area contributed by atoms with Gasteiger partial charge in [-0.2, -0.15) is 5.10 Å². The molecule has 0 radical (unpaired) electrons. The quantitative estimate of drug-likeness (QED) is 0.876. The van der Waals surface area contributed by atoms with Crippen molar-refractivity contribution in [2.24, 2.45) is 5.92 Å². The van der Waals surface area contributed by atoms with Crippen molar-refractivity contribution in [1.82, 2.24) is 20.0 Å². The van der Waals surface area contributed by atoms with E-state index in [9.17, 15) is 9.90 Å². The van der Waals surface area contributed by atoms with Crippen LogP contribution in [0, 0.1) is 5.92 Å². The molecule has 1 aromatic heterocycles. The molecule has 2 N–H and O–H groups in total. The third-order valence-electron chi connectivity index (χ3n) is 5.01. The number of likely N-dealkylation sites (tertiary alicyclic amines) is 1. The number of urea groups is 1. The molecule has 1 fully saturated rings. The van der Waals surface area contributed by atoms with E-state index in [1.54, 1.807) is 11.1 Å². The van der Waals surface area contributed by atoms with Crippen LogP contribution in [0.1, 0.15) is 37.4 Å². The van der Waals surface area contributed by atoms with Crippen molar-refractivity contribution in [2.75, 3.05) is 13.2 Å². The lowest BCUT2D eigenvalue weighted by molar-refractivity contribution is 0.142. The van der Waals surface area contributed by atoms with Crippen LogP contribution in [0.3, 0.4) is 0 Å². The van der Waals surface area contributed by atoms with Crippen LogP contribution in [0.15, 0.2) is 42.7 Å². The van der Waals surface area contributed by atoms with Gasteiger partial charge in [0.2, 0.25) is 0 Å². The third-order valence-corrected chi connectivity index (χ3v) is 5.01. The molecule has 6 nitrogen and oxygen atoms in total. The Kier molecular flexibility index (Phi) is 5.38. The molecule has 6 heteroatoms. The predicted octanol–water partition coefficient (Wildman–Crippen LogP) is 2.40. The molecule has 1 saturated heterocycles. The number of aliphatic hydroxyl groups is 1. The number of nitrogens with one attached hydrogen (secondary N) is 1. The van der Waals surface area contributed by atoms with Gasteiger partial charge in [0, 0.05) is 18.3 Å². The van der Waals surface area contributed by atoms with Crippen molar-refractivity contribution in [1.29, 1.82) is 0 Å². The zero-order valence-electron chi connectivity index (χ0n) is 14.8. The van der Waals surface area contributed by atoms with Crippen molar-refractivity contribution in [3.05, 3.63) is 53.9 Å². The second-order valence-corrected chi connectivity index (χ2v) is 6.84. The van der Waals surface area contributed by atoms with E-state index in [0.29, 0.717) is 19.0 Å². The summed E-state index contributed by atoms with van der Waals surface area (Å²) in [4.78, 5) is 14.3. The van der Waals surface area contributed by atoms with Crippen molar-refractivity contribution in [3.63, 3.8) is 0 Å². The Hall–Kier alpha value is -2.34. The number of aromatic nitrogens is 2. The summed E-state index contributed by atoms with van der Waals surface area (Å²) in [6.45, 7) is 5.44. The molecule has 0 spiro atoms. The first kappa shape index (κ1) is 17.5. The summed E-state index contributed by atoms with van der Waals surface area (Å²) in [5.74, 6) is 0.333. The average molecular weight is 342 g/mol. The second kappa shape index (κ2) is 7.70. The van der Waals surface area contributed by atoms with Crippen molar-refractivity contribution in [2.45, 2.75) is 38.9 Å². The van der Waals surface area contributed by atoms with Gasteiger partial charge >= 0.3 is 6.03 Å². The monoisotopic (exact) mass is 342 g/mol. The zero-order valence-corrected chi connectivity index (χ0v) is 14.8. The van der Waals surface area contributed by atoms with Crippen molar-refractivity contribution in [3.8, 4) is 0 Å². The topological polar surface area (TPSA) is 70.4 Å². The molecular formula is C19H26N4O2. The molecule has 1 aromatic carbocycles. The molecule has 0 bridgehead atoms. The van der Waals surface area contributed by atoms with E-state index < -0.39 is 0 Å². The van der Waals surface area contributed by atoms with Crippen LogP contribution in [0.5, 0.6) is 0 Å². The standard InChI is InChI=1S/C19H26N4O2/c1-14-8-9-23(18(14)13-24)19(25)21-15(2)17-10-20-22(12-17)11-16-6-4-3-5-7-16/h3-7,10,12,14-15,18,24H,8-9,11,13H2,1-2H3,(H,21,25)/t14-,15-,18+/m0/s1. The van der Waals surface area contributed by atoms with Crippen LogP contribution >= 0.6 is 0 Å². The number of carbonyl (C=O) groups is 1. The van der Waals surface area contributed by atoms with Gasteiger partial charge in [-0.15, -0.1) is 0 Å². The summed E-state index contributed by atoms with van der Waals surface area (Å²) in [6.07, 6.45) is 4.69. The number of hydrogen-bond acceptors (Lipinski definition) is 3. The zero-order chi connectivity index (χ0) is 17.8. The molecule has 0 aliphatic carbocycles. The molecule has 1 aliphatic heterocycles. The average Bonchev–Trinajstić information content (AvgIpc) is 3.22. The molecule has 2 amide bonds. The predicted molar refractivity (Wildman–Crippen MR) is 96.1 cm³/mol. The maximum atomic E-state index is 12.5. The first-order valence-electron chi connectivity index (χ1n) is 8.82. The first-order chi connectivity index (χ1) is 12.1. The summed E-state index contributed by atoms with van der Waals surface area (Å²) in [7, 11) is 0. The fraction of sp³-hybridized carbons (Fsp3) is 0.474. The largest absolute Gasteiger partial charge is 0.394 e. The van der Waals surface area contributed by atoms with E-state index >= 15 is 0 Å². The maximum Gasteiger partial charge on any atom is 0.318 e. The molecular weight excluding hydrogens is 316 g/mol. The van der Waals surface area contributed by atoms with E-state index in [1.807, 2.05) is 36.0 Å². The smallest absolute Gasteiger partial charge is 0.318 e. The highest BCUT2D eigenvalue weighted by Crippen LogP contribution is 2.24. The van der Waals surface area contributed by atoms with Gasteiger partial charge < -0.3 is 15.3 Å². The van der Waals surface area contributed by atoms with Gasteiger partial charge in [-0.3, -0.25) is 4.68 Å². The van der Waals surface area contributed by atoms with E-state index in [0.717, 1.165) is 12.0 Å². The summed E-state index contributed by atoms with van der Waals surface area (Å²) in [6, 6.07) is 9.81. The first-order valence-corrected chi connectivity index (χ1v) is 8.82. The Morgan fingerprint density at radius 3 is 2.88 bits per heavy atom. The Morgan fingerprint density at radius 1 is 1.40 bits per heavy atom. The van der Waals surface area contributed by atoms with Gasteiger partial charge in [0.05, 0.1) is 31.4 Å². The Balaban J connectivity index is 1.60. The third kappa shape index (κ3) is 4.02. The summed E-state index contributed by atoms with van der Waals surface area (Å²) in [5.41, 5.74) is 2.16. The number of amides is 2. The number of benzene rings is 1. The number of aliphatic hydroxyl groups excluding tert-OH is 1. The molecule has 3 rings (SSSR count). The minimum atomic E-state index is -0.132. The molecule has 25 heavy (non-hydrogen) atoms. The number of rotatable bonds is 5. The van der Waals surface area contributed by atoms with Crippen molar-refractivity contribution >= 4 is 6.03 Å². The van der Waals surface area contributed by atoms with Crippen LogP contribution < -0.4 is 5.32 Å². The lowest BCUT2D eigenvalue weighted by atomic mass is 10.0. The Bertz CT molecular complexity index is 700. The number of nitrogens with zero attached hydrogens (tertiary/aromatic N) is 3. The van der Waals surface area contributed by atoms with E-state index in [-0.39, 0.29) is 24.7 Å². The molecule has 0 unspecified atom stereocenters. The van der Waals surface area contributed by atoms with Crippen LogP contribution in [-0.2, 0) is 6.54 Å². The van der Waals surface area contributed by atoms with Crippen LogP contribution in [0.25, 0.3) is 0 Å². The molecule has 134 valence electrons. The SMILES string of the molecule is C[C@H](NC(=O)N1CC[C@H](C)[C@H]1CO)c1cnn(Cc2ccccc2)c1. The fourth-order valence-electron chi connectivity index (χ4n) is 3.35. The minimum Gasteiger partial charge on any atom is -0.394 e. The highest BCUT2D eigenvalue weighted by Gasteiger charge is 2.34. The van der Waals surface area contributed by atoms with Gasteiger partial charge in [0.1, 0.15) is 0 Å². The fourth-order valence-corrected chi connectivity index (χ4v) is 3.35. The molecule has 0 saturated carbocycles. The van der Waals surface area contributed by atoms with Crippen LogP contribution in [-0.4, -0.2) is 45.0 Å². The number of hydrogen-bond donors (Lipinski definition) is 2. The van der Waals surface area contributed by atoms with Gasteiger partial charge in [-0.05, 0) is 24.8 Å². The second-order valence-electron chi connectivity index (χ2n) is 6.84. The van der Waals surface area contributed by atoms with Gasteiger partial charge in [-0.25, -0.2) is 4.79 Å². The number of carbonyl (C=O) groups excluding carboxylic acids is 1. The lowest BCUT2D eigenvalue weighted by Crippen LogP contribution is -2.46. The van der Waals surface area contributed by atoms with E-state index in [1.165, 1.54) is 5.56 Å². The van der Waals surface area contributed by atoms with Gasteiger partial charge in [-0.1, -0.05) is 37.3 Å². The normalized spacial score (nSPS) is 21.3. The highest BCUT2D eigenvalue weighted by atomic mass is 16.3. The summed E-state index contributed by atoms with van der Waals surface area (Å²) >= 11 is 0. The molecule has 2 aromatic rings. The van der Waals surface area contributed by atoms with E-state index in [4.69, 9.17) is 0 Å². The van der Waals surface area contributed by atoms with Gasteiger partial charge in [0.25, 0.3) is 0 Å². The van der Waals surface area contributed by atoms with Crippen LogP contribution in [0.2, 0.25) is 0 Å². The molecule has 3 atom stereocenters. The lowest BCUT2D eigenvalue weighted by Gasteiger charge is -2.27. The minimum absolute atomic E-state index is 0.0119. The maximum absolute atomic E-state index is 12.5.